The second kappa shape index (κ2) is 11.3. The van der Waals surface area contributed by atoms with Crippen molar-refractivity contribution in [1.82, 2.24) is 5.32 Å². The summed E-state index contributed by atoms with van der Waals surface area (Å²) in [4.78, 5) is 11.3. The maximum absolute atomic E-state index is 11.3. The van der Waals surface area contributed by atoms with Crippen molar-refractivity contribution in [2.75, 3.05) is 20.3 Å². The molecule has 5 heteroatoms. The summed E-state index contributed by atoms with van der Waals surface area (Å²) in [6.07, 6.45) is 1.75. The Morgan fingerprint density at radius 2 is 1.82 bits per heavy atom. The van der Waals surface area contributed by atoms with E-state index < -0.39 is 6.10 Å². The molecule has 0 aliphatic carbocycles. The van der Waals surface area contributed by atoms with E-state index in [4.69, 9.17) is 4.74 Å². The van der Waals surface area contributed by atoms with E-state index in [9.17, 15) is 9.90 Å². The first-order chi connectivity index (χ1) is 13.5. The van der Waals surface area contributed by atoms with Gasteiger partial charge in [0, 0.05) is 18.7 Å². The molecule has 0 aliphatic heterocycles. The SMILES string of the molecule is COC(=O)/C=C(\C)c1ccc(C[C@@H](C)NC[C@H](O)COc2ccccc2)cc1. The predicted octanol–water partition coefficient (Wildman–Crippen LogP) is 3.22. The highest BCUT2D eigenvalue weighted by Crippen LogP contribution is 2.15. The van der Waals surface area contributed by atoms with E-state index in [2.05, 4.69) is 29.1 Å². The first kappa shape index (κ1) is 21.7. The molecule has 150 valence electrons. The summed E-state index contributed by atoms with van der Waals surface area (Å²) in [7, 11) is 1.37. The molecule has 0 aromatic heterocycles. The largest absolute Gasteiger partial charge is 0.491 e. The number of benzene rings is 2. The quantitative estimate of drug-likeness (QED) is 0.487. The maximum atomic E-state index is 11.3. The van der Waals surface area contributed by atoms with E-state index in [1.54, 1.807) is 0 Å². The zero-order valence-corrected chi connectivity index (χ0v) is 16.7. The lowest BCUT2D eigenvalue weighted by Crippen LogP contribution is -2.37. The summed E-state index contributed by atoms with van der Waals surface area (Å²) in [6.45, 7) is 4.69. The molecule has 2 rings (SSSR count). The lowest BCUT2D eigenvalue weighted by molar-refractivity contribution is -0.134. The molecule has 0 bridgehead atoms. The Morgan fingerprint density at radius 1 is 1.14 bits per heavy atom. The lowest BCUT2D eigenvalue weighted by Gasteiger charge is -2.18. The number of nitrogens with one attached hydrogen (secondary N) is 1. The number of esters is 1. The normalized spacial score (nSPS) is 13.6. The van der Waals surface area contributed by atoms with Crippen LogP contribution in [0.1, 0.15) is 25.0 Å². The fraction of sp³-hybridized carbons (Fsp3) is 0.348. The van der Waals surface area contributed by atoms with Crippen LogP contribution in [0, 0.1) is 0 Å². The van der Waals surface area contributed by atoms with Crippen molar-refractivity contribution < 1.29 is 19.4 Å². The summed E-state index contributed by atoms with van der Waals surface area (Å²) in [5, 5.41) is 13.4. The van der Waals surface area contributed by atoms with Crippen LogP contribution in [0.2, 0.25) is 0 Å². The Morgan fingerprint density at radius 3 is 2.46 bits per heavy atom. The van der Waals surface area contributed by atoms with Gasteiger partial charge in [0.25, 0.3) is 0 Å². The van der Waals surface area contributed by atoms with Crippen molar-refractivity contribution in [3.8, 4) is 5.75 Å². The summed E-state index contributed by atoms with van der Waals surface area (Å²) < 4.78 is 10.2. The Balaban J connectivity index is 1.75. The van der Waals surface area contributed by atoms with E-state index >= 15 is 0 Å². The summed E-state index contributed by atoms with van der Waals surface area (Å²) >= 11 is 0. The maximum Gasteiger partial charge on any atom is 0.330 e. The van der Waals surface area contributed by atoms with Crippen molar-refractivity contribution in [2.24, 2.45) is 0 Å². The van der Waals surface area contributed by atoms with Gasteiger partial charge < -0.3 is 19.9 Å². The summed E-state index contributed by atoms with van der Waals surface area (Å²) in [5.74, 6) is 0.403. The number of hydrogen-bond acceptors (Lipinski definition) is 5. The Hall–Kier alpha value is -2.63. The van der Waals surface area contributed by atoms with Crippen molar-refractivity contribution in [3.05, 3.63) is 71.8 Å². The zero-order chi connectivity index (χ0) is 20.4. The Kier molecular flexibility index (Phi) is 8.72. The molecule has 2 aromatic carbocycles. The molecule has 0 radical (unpaired) electrons. The molecule has 0 saturated carbocycles. The number of aliphatic hydroxyl groups is 1. The second-order valence-corrected chi connectivity index (χ2v) is 6.84. The van der Waals surface area contributed by atoms with E-state index in [-0.39, 0.29) is 18.6 Å². The number of aliphatic hydroxyl groups excluding tert-OH is 1. The van der Waals surface area contributed by atoms with Crippen LogP contribution < -0.4 is 10.1 Å². The number of rotatable bonds is 10. The number of para-hydroxylation sites is 1. The van der Waals surface area contributed by atoms with E-state index in [1.807, 2.05) is 49.4 Å². The lowest BCUT2D eigenvalue weighted by atomic mass is 10.0. The number of ether oxygens (including phenoxy) is 2. The molecule has 0 unspecified atom stereocenters. The van der Waals surface area contributed by atoms with Crippen LogP contribution in [-0.4, -0.2) is 43.5 Å². The molecule has 0 spiro atoms. The first-order valence-corrected chi connectivity index (χ1v) is 9.42. The molecular formula is C23H29NO4. The molecule has 0 fully saturated rings. The second-order valence-electron chi connectivity index (χ2n) is 6.84. The van der Waals surface area contributed by atoms with Gasteiger partial charge in [0.05, 0.1) is 7.11 Å². The van der Waals surface area contributed by atoms with Crippen molar-refractivity contribution >= 4 is 11.5 Å². The van der Waals surface area contributed by atoms with Gasteiger partial charge >= 0.3 is 5.97 Å². The number of carbonyl (C=O) groups excluding carboxylic acids is 1. The van der Waals surface area contributed by atoms with Gasteiger partial charge in [-0.2, -0.15) is 0 Å². The van der Waals surface area contributed by atoms with Gasteiger partial charge in [-0.1, -0.05) is 42.5 Å². The third kappa shape index (κ3) is 7.55. The molecule has 0 amide bonds. The van der Waals surface area contributed by atoms with E-state index in [0.717, 1.165) is 23.3 Å². The number of methoxy groups -OCH3 is 1. The van der Waals surface area contributed by atoms with Crippen molar-refractivity contribution in [2.45, 2.75) is 32.4 Å². The summed E-state index contributed by atoms with van der Waals surface area (Å²) in [5.41, 5.74) is 3.04. The van der Waals surface area contributed by atoms with Gasteiger partial charge in [0.15, 0.2) is 0 Å². The first-order valence-electron chi connectivity index (χ1n) is 9.42. The third-order valence-corrected chi connectivity index (χ3v) is 4.37. The molecular weight excluding hydrogens is 354 g/mol. The smallest absolute Gasteiger partial charge is 0.330 e. The van der Waals surface area contributed by atoms with Crippen LogP contribution in [0.4, 0.5) is 0 Å². The minimum atomic E-state index is -0.573. The van der Waals surface area contributed by atoms with Gasteiger partial charge in [-0.3, -0.25) is 0 Å². The van der Waals surface area contributed by atoms with Gasteiger partial charge in [-0.25, -0.2) is 4.79 Å². The monoisotopic (exact) mass is 383 g/mol. The van der Waals surface area contributed by atoms with Gasteiger partial charge in [-0.05, 0) is 49.1 Å². The van der Waals surface area contributed by atoms with Crippen molar-refractivity contribution in [3.63, 3.8) is 0 Å². The molecule has 2 aromatic rings. The topological polar surface area (TPSA) is 67.8 Å². The molecule has 5 nitrogen and oxygen atoms in total. The van der Waals surface area contributed by atoms with Gasteiger partial charge in [-0.15, -0.1) is 0 Å². The summed E-state index contributed by atoms with van der Waals surface area (Å²) in [6, 6.07) is 17.8. The standard InChI is InChI=1S/C23H29NO4/c1-17(13-23(26)27-3)20-11-9-19(10-12-20)14-18(2)24-15-21(25)16-28-22-7-5-4-6-8-22/h4-13,18,21,24-25H,14-16H2,1-3H3/b17-13+/t18-,21+/m1/s1. The zero-order valence-electron chi connectivity index (χ0n) is 16.7. The van der Waals surface area contributed by atoms with Crippen LogP contribution in [0.25, 0.3) is 5.57 Å². The predicted molar refractivity (Wildman–Crippen MR) is 111 cm³/mol. The molecule has 2 atom stereocenters. The van der Waals surface area contributed by atoms with Gasteiger partial charge in [0.2, 0.25) is 0 Å². The average molecular weight is 383 g/mol. The van der Waals surface area contributed by atoms with Crippen LogP contribution in [0.15, 0.2) is 60.7 Å². The molecule has 0 saturated heterocycles. The average Bonchev–Trinajstić information content (AvgIpc) is 2.71. The highest BCUT2D eigenvalue weighted by Gasteiger charge is 2.09. The van der Waals surface area contributed by atoms with Crippen LogP contribution in [-0.2, 0) is 16.0 Å². The minimum absolute atomic E-state index is 0.212. The van der Waals surface area contributed by atoms with E-state index in [0.29, 0.717) is 6.54 Å². The van der Waals surface area contributed by atoms with Crippen LogP contribution in [0.5, 0.6) is 5.75 Å². The molecule has 0 aliphatic rings. The highest BCUT2D eigenvalue weighted by atomic mass is 16.5. The molecule has 28 heavy (non-hydrogen) atoms. The fourth-order valence-electron chi connectivity index (χ4n) is 2.75. The molecule has 0 heterocycles. The van der Waals surface area contributed by atoms with Crippen molar-refractivity contribution in [1.29, 1.82) is 0 Å². The fourth-order valence-corrected chi connectivity index (χ4v) is 2.75. The minimum Gasteiger partial charge on any atom is -0.491 e. The van der Waals surface area contributed by atoms with Crippen LogP contribution in [0.3, 0.4) is 0 Å². The number of allylic oxidation sites excluding steroid dienone is 1. The number of hydrogen-bond donors (Lipinski definition) is 2. The highest BCUT2D eigenvalue weighted by molar-refractivity contribution is 5.90. The Labute approximate surface area is 167 Å². The van der Waals surface area contributed by atoms with Crippen LogP contribution >= 0.6 is 0 Å². The number of carbonyl (C=O) groups is 1. The Bertz CT molecular complexity index is 756. The third-order valence-electron chi connectivity index (χ3n) is 4.37. The van der Waals surface area contributed by atoms with Gasteiger partial charge in [0.1, 0.15) is 18.5 Å². The molecule has 2 N–H and O–H groups in total. The van der Waals surface area contributed by atoms with E-state index in [1.165, 1.54) is 18.7 Å².